The van der Waals surface area contributed by atoms with Crippen molar-refractivity contribution in [1.82, 2.24) is 5.32 Å². The van der Waals surface area contributed by atoms with E-state index in [1.54, 1.807) is 12.1 Å². The zero-order chi connectivity index (χ0) is 17.4. The maximum atomic E-state index is 12.2. The van der Waals surface area contributed by atoms with Gasteiger partial charge in [-0.15, -0.1) is 0 Å². The summed E-state index contributed by atoms with van der Waals surface area (Å²) in [5, 5.41) is 4.95. The summed E-state index contributed by atoms with van der Waals surface area (Å²) in [6, 6.07) is 4.98. The van der Waals surface area contributed by atoms with Crippen LogP contribution in [-0.2, 0) is 23.9 Å². The van der Waals surface area contributed by atoms with Crippen LogP contribution in [0.15, 0.2) is 24.3 Å². The van der Waals surface area contributed by atoms with Gasteiger partial charge in [-0.05, 0) is 18.2 Å². The van der Waals surface area contributed by atoms with E-state index >= 15 is 0 Å². The van der Waals surface area contributed by atoms with Crippen LogP contribution in [0.4, 0.5) is 5.69 Å². The molecule has 0 bridgehead atoms. The van der Waals surface area contributed by atoms with Gasteiger partial charge in [-0.2, -0.15) is 0 Å². The van der Waals surface area contributed by atoms with Crippen LogP contribution in [0, 0.1) is 0 Å². The van der Waals surface area contributed by atoms with Crippen molar-refractivity contribution in [2.24, 2.45) is 0 Å². The molecule has 1 atom stereocenters. The Hall–Kier alpha value is -2.90. The Labute approximate surface area is 133 Å². The van der Waals surface area contributed by atoms with E-state index < -0.39 is 23.9 Å². The summed E-state index contributed by atoms with van der Waals surface area (Å²) in [7, 11) is 2.32. The van der Waals surface area contributed by atoms with Gasteiger partial charge < -0.3 is 20.1 Å². The molecule has 0 saturated carbocycles. The van der Waals surface area contributed by atoms with Crippen molar-refractivity contribution in [2.75, 3.05) is 19.5 Å². The lowest BCUT2D eigenvalue weighted by Crippen LogP contribution is -2.43. The molecule has 0 aliphatic carbocycles. The Bertz CT molecular complexity index is 614. The van der Waals surface area contributed by atoms with Crippen molar-refractivity contribution in [3.63, 3.8) is 0 Å². The fraction of sp³-hybridized carbons (Fsp3) is 0.333. The summed E-state index contributed by atoms with van der Waals surface area (Å²) in [6.07, 6.45) is -0.347. The number of hydrogen-bond donors (Lipinski definition) is 2. The number of benzene rings is 1. The van der Waals surface area contributed by atoms with Crippen LogP contribution >= 0.6 is 0 Å². The van der Waals surface area contributed by atoms with Crippen LogP contribution < -0.4 is 10.6 Å². The molecule has 8 heteroatoms. The molecule has 8 nitrogen and oxygen atoms in total. The van der Waals surface area contributed by atoms with Gasteiger partial charge in [0.2, 0.25) is 5.91 Å². The van der Waals surface area contributed by atoms with Gasteiger partial charge in [-0.3, -0.25) is 14.4 Å². The molecular weight excluding hydrogens is 304 g/mol. The van der Waals surface area contributed by atoms with Gasteiger partial charge in [0, 0.05) is 18.2 Å². The monoisotopic (exact) mass is 322 g/mol. The molecular formula is C15H18N2O6. The molecule has 0 unspecified atom stereocenters. The van der Waals surface area contributed by atoms with Gasteiger partial charge in [0.05, 0.1) is 20.6 Å². The van der Waals surface area contributed by atoms with Crippen molar-refractivity contribution < 1.29 is 28.7 Å². The Morgan fingerprint density at radius 3 is 2.39 bits per heavy atom. The molecule has 124 valence electrons. The highest BCUT2D eigenvalue weighted by Crippen LogP contribution is 2.11. The third kappa shape index (κ3) is 5.77. The highest BCUT2D eigenvalue weighted by molar-refractivity contribution is 5.99. The average Bonchev–Trinajstić information content (AvgIpc) is 2.52. The van der Waals surface area contributed by atoms with Gasteiger partial charge in [0.15, 0.2) is 0 Å². The fourth-order valence-electron chi connectivity index (χ4n) is 1.77. The minimum Gasteiger partial charge on any atom is -0.469 e. The average molecular weight is 322 g/mol. The van der Waals surface area contributed by atoms with E-state index in [0.29, 0.717) is 5.69 Å². The number of anilines is 1. The number of carbonyl (C=O) groups excluding carboxylic acids is 4. The smallest absolute Gasteiger partial charge is 0.328 e. The number of carbonyl (C=O) groups is 4. The van der Waals surface area contributed by atoms with E-state index in [0.717, 1.165) is 7.11 Å². The van der Waals surface area contributed by atoms with Crippen LogP contribution in [0.3, 0.4) is 0 Å². The van der Waals surface area contributed by atoms with Crippen LogP contribution in [0.1, 0.15) is 23.7 Å². The quantitative estimate of drug-likeness (QED) is 0.737. The fourth-order valence-corrected chi connectivity index (χ4v) is 1.77. The lowest BCUT2D eigenvalue weighted by Gasteiger charge is -2.15. The van der Waals surface area contributed by atoms with Gasteiger partial charge in [0.1, 0.15) is 6.04 Å². The first kappa shape index (κ1) is 18.1. The number of esters is 2. The standard InChI is InChI=1S/C15H18N2O6/c1-9(18)16-11-6-4-5-10(7-11)14(20)17-12(15(21)23-3)8-13(19)22-2/h4-7,12H,8H2,1-3H3,(H,16,18)(H,17,20)/t12-/m1/s1. The maximum Gasteiger partial charge on any atom is 0.328 e. The first-order chi connectivity index (χ1) is 10.9. The van der Waals surface area contributed by atoms with E-state index in [-0.39, 0.29) is 17.9 Å². The van der Waals surface area contributed by atoms with Gasteiger partial charge in [-0.1, -0.05) is 6.07 Å². The van der Waals surface area contributed by atoms with Gasteiger partial charge >= 0.3 is 11.9 Å². The number of nitrogens with one attached hydrogen (secondary N) is 2. The van der Waals surface area contributed by atoms with Crippen LogP contribution in [0.5, 0.6) is 0 Å². The molecule has 1 rings (SSSR count). The van der Waals surface area contributed by atoms with Crippen LogP contribution in [0.25, 0.3) is 0 Å². The summed E-state index contributed by atoms with van der Waals surface area (Å²) in [6.45, 7) is 1.34. The normalized spacial score (nSPS) is 11.1. The number of ether oxygens (including phenoxy) is 2. The maximum absolute atomic E-state index is 12.2. The molecule has 0 heterocycles. The molecule has 0 radical (unpaired) electrons. The number of amides is 2. The molecule has 2 amide bonds. The van der Waals surface area contributed by atoms with Gasteiger partial charge in [-0.25, -0.2) is 4.79 Å². The van der Waals surface area contributed by atoms with Crippen molar-refractivity contribution in [1.29, 1.82) is 0 Å². The number of methoxy groups -OCH3 is 2. The third-order valence-electron chi connectivity index (χ3n) is 2.83. The summed E-state index contributed by atoms with van der Waals surface area (Å²) < 4.78 is 9.03. The summed E-state index contributed by atoms with van der Waals surface area (Å²) in [5.74, 6) is -2.29. The Balaban J connectivity index is 2.87. The van der Waals surface area contributed by atoms with Crippen molar-refractivity contribution in [3.05, 3.63) is 29.8 Å². The summed E-state index contributed by atoms with van der Waals surface area (Å²) in [4.78, 5) is 46.2. The highest BCUT2D eigenvalue weighted by atomic mass is 16.5. The molecule has 0 spiro atoms. The van der Waals surface area contributed by atoms with Crippen molar-refractivity contribution in [2.45, 2.75) is 19.4 Å². The van der Waals surface area contributed by atoms with Crippen molar-refractivity contribution in [3.8, 4) is 0 Å². The molecule has 1 aromatic carbocycles. The highest BCUT2D eigenvalue weighted by Gasteiger charge is 2.25. The first-order valence-corrected chi connectivity index (χ1v) is 6.70. The largest absolute Gasteiger partial charge is 0.469 e. The van der Waals surface area contributed by atoms with E-state index in [9.17, 15) is 19.2 Å². The predicted octanol–water partition coefficient (Wildman–Crippen LogP) is 0.479. The SMILES string of the molecule is COC(=O)C[C@@H](NC(=O)c1cccc(NC(C)=O)c1)C(=O)OC. The number of hydrogen-bond acceptors (Lipinski definition) is 6. The molecule has 0 aliphatic rings. The molecule has 1 aromatic rings. The lowest BCUT2D eigenvalue weighted by molar-refractivity contribution is -0.149. The molecule has 0 fully saturated rings. The van der Waals surface area contributed by atoms with E-state index in [1.165, 1.54) is 26.2 Å². The van der Waals surface area contributed by atoms with E-state index in [2.05, 4.69) is 20.1 Å². The summed E-state index contributed by atoms with van der Waals surface area (Å²) >= 11 is 0. The minimum absolute atomic E-state index is 0.218. The molecule has 23 heavy (non-hydrogen) atoms. The molecule has 0 aliphatic heterocycles. The van der Waals surface area contributed by atoms with Crippen LogP contribution in [-0.4, -0.2) is 44.0 Å². The van der Waals surface area contributed by atoms with Crippen LogP contribution in [0.2, 0.25) is 0 Å². The molecule has 2 N–H and O–H groups in total. The zero-order valence-electron chi connectivity index (χ0n) is 13.0. The molecule has 0 saturated heterocycles. The molecule has 0 aromatic heterocycles. The first-order valence-electron chi connectivity index (χ1n) is 6.70. The second kappa shape index (κ2) is 8.52. The predicted molar refractivity (Wildman–Crippen MR) is 80.6 cm³/mol. The Morgan fingerprint density at radius 1 is 1.13 bits per heavy atom. The Morgan fingerprint density at radius 2 is 1.83 bits per heavy atom. The summed E-state index contributed by atoms with van der Waals surface area (Å²) in [5.41, 5.74) is 0.655. The van der Waals surface area contributed by atoms with Crippen molar-refractivity contribution >= 4 is 29.4 Å². The zero-order valence-corrected chi connectivity index (χ0v) is 13.0. The second-order valence-electron chi connectivity index (χ2n) is 4.59. The van der Waals surface area contributed by atoms with E-state index in [1.807, 2.05) is 0 Å². The third-order valence-corrected chi connectivity index (χ3v) is 2.83. The Kier molecular flexibility index (Phi) is 6.72. The topological polar surface area (TPSA) is 111 Å². The second-order valence-corrected chi connectivity index (χ2v) is 4.59. The van der Waals surface area contributed by atoms with E-state index in [4.69, 9.17) is 0 Å². The lowest BCUT2D eigenvalue weighted by atomic mass is 10.1. The number of rotatable bonds is 6. The minimum atomic E-state index is -1.16. The van der Waals surface area contributed by atoms with Gasteiger partial charge in [0.25, 0.3) is 5.91 Å².